The van der Waals surface area contributed by atoms with Crippen LogP contribution < -0.4 is 10.1 Å². The molecular formula is C8H7NO3. The number of phenolic OH excluding ortho intramolecular Hbond substituents is 1. The number of amides is 1. The number of aromatic hydroxyl groups is 1. The Bertz CT molecular complexity index is 335. The van der Waals surface area contributed by atoms with Gasteiger partial charge in [0.15, 0.2) is 6.73 Å². The summed E-state index contributed by atoms with van der Waals surface area (Å²) in [7, 11) is 0. The van der Waals surface area contributed by atoms with Gasteiger partial charge in [-0.05, 0) is 12.1 Å². The van der Waals surface area contributed by atoms with Gasteiger partial charge in [-0.25, -0.2) is 0 Å². The van der Waals surface area contributed by atoms with Gasteiger partial charge in [0.05, 0.1) is 5.56 Å². The maximum absolute atomic E-state index is 11.1. The van der Waals surface area contributed by atoms with Crippen LogP contribution in [-0.2, 0) is 0 Å². The maximum Gasteiger partial charge on any atom is 0.257 e. The Morgan fingerprint density at radius 2 is 2.33 bits per heavy atom. The molecule has 0 fully saturated rings. The lowest BCUT2D eigenvalue weighted by molar-refractivity contribution is 0.0883. The van der Waals surface area contributed by atoms with E-state index in [-0.39, 0.29) is 18.4 Å². The third kappa shape index (κ3) is 0.972. The molecule has 0 spiro atoms. The highest BCUT2D eigenvalue weighted by atomic mass is 16.5. The van der Waals surface area contributed by atoms with E-state index in [1.54, 1.807) is 0 Å². The number of carbonyl (C=O) groups is 1. The lowest BCUT2D eigenvalue weighted by Gasteiger charge is -2.17. The molecule has 4 nitrogen and oxygen atoms in total. The fourth-order valence-corrected chi connectivity index (χ4v) is 1.09. The second-order valence-corrected chi connectivity index (χ2v) is 2.48. The second-order valence-electron chi connectivity index (χ2n) is 2.48. The summed E-state index contributed by atoms with van der Waals surface area (Å²) >= 11 is 0. The maximum atomic E-state index is 11.1. The molecule has 0 saturated heterocycles. The highest BCUT2D eigenvalue weighted by Crippen LogP contribution is 2.25. The van der Waals surface area contributed by atoms with Gasteiger partial charge >= 0.3 is 0 Å². The molecule has 1 aromatic rings. The van der Waals surface area contributed by atoms with Crippen molar-refractivity contribution in [3.63, 3.8) is 0 Å². The second kappa shape index (κ2) is 2.41. The van der Waals surface area contributed by atoms with Crippen LogP contribution in [0, 0.1) is 0 Å². The van der Waals surface area contributed by atoms with Gasteiger partial charge < -0.3 is 15.2 Å². The molecule has 2 N–H and O–H groups in total. The normalized spacial score (nSPS) is 14.5. The molecule has 0 aliphatic carbocycles. The number of ether oxygens (including phenoxy) is 1. The molecule has 4 heteroatoms. The SMILES string of the molecule is O=C1NCOc2cc(O)ccc21. The van der Waals surface area contributed by atoms with E-state index in [2.05, 4.69) is 5.32 Å². The van der Waals surface area contributed by atoms with Gasteiger partial charge in [-0.2, -0.15) is 0 Å². The van der Waals surface area contributed by atoms with Gasteiger partial charge in [-0.3, -0.25) is 4.79 Å². The highest BCUT2D eigenvalue weighted by molar-refractivity contribution is 5.97. The number of nitrogens with one attached hydrogen (secondary N) is 1. The molecule has 0 atom stereocenters. The minimum absolute atomic E-state index is 0.100. The molecule has 0 radical (unpaired) electrons. The summed E-state index contributed by atoms with van der Waals surface area (Å²) < 4.78 is 5.08. The van der Waals surface area contributed by atoms with Crippen LogP contribution in [0.1, 0.15) is 10.4 Å². The predicted octanol–water partition coefficient (Wildman–Crippen LogP) is 0.472. The number of hydrogen-bond donors (Lipinski definition) is 2. The number of benzene rings is 1. The fraction of sp³-hybridized carbons (Fsp3) is 0.125. The van der Waals surface area contributed by atoms with E-state index in [1.807, 2.05) is 0 Å². The molecule has 12 heavy (non-hydrogen) atoms. The first-order valence-corrected chi connectivity index (χ1v) is 3.51. The Kier molecular flexibility index (Phi) is 1.40. The Balaban J connectivity index is 2.53. The number of phenols is 1. The monoisotopic (exact) mass is 165 g/mol. The van der Waals surface area contributed by atoms with Crippen molar-refractivity contribution in [2.75, 3.05) is 6.73 Å². The van der Waals surface area contributed by atoms with Crippen LogP contribution >= 0.6 is 0 Å². The summed E-state index contributed by atoms with van der Waals surface area (Å²) in [5.41, 5.74) is 0.457. The van der Waals surface area contributed by atoms with Crippen molar-refractivity contribution < 1.29 is 14.6 Å². The zero-order valence-electron chi connectivity index (χ0n) is 6.20. The Morgan fingerprint density at radius 3 is 3.17 bits per heavy atom. The molecule has 0 bridgehead atoms. The summed E-state index contributed by atoms with van der Waals surface area (Å²) in [5.74, 6) is 0.360. The van der Waals surface area contributed by atoms with Gasteiger partial charge in [0.25, 0.3) is 5.91 Å². The average Bonchev–Trinajstić information content (AvgIpc) is 2.04. The fourth-order valence-electron chi connectivity index (χ4n) is 1.09. The minimum atomic E-state index is -0.170. The van der Waals surface area contributed by atoms with Crippen LogP contribution in [-0.4, -0.2) is 17.7 Å². The summed E-state index contributed by atoms with van der Waals surface area (Å²) in [6.45, 7) is 0.162. The first-order valence-electron chi connectivity index (χ1n) is 3.51. The smallest absolute Gasteiger partial charge is 0.257 e. The van der Waals surface area contributed by atoms with Crippen molar-refractivity contribution in [2.45, 2.75) is 0 Å². The van der Waals surface area contributed by atoms with Gasteiger partial charge in [0.2, 0.25) is 0 Å². The quantitative estimate of drug-likeness (QED) is 0.587. The molecule has 0 saturated carbocycles. The predicted molar refractivity (Wildman–Crippen MR) is 41.1 cm³/mol. The van der Waals surface area contributed by atoms with Crippen molar-refractivity contribution in [1.29, 1.82) is 0 Å². The van der Waals surface area contributed by atoms with Crippen molar-refractivity contribution in [3.8, 4) is 11.5 Å². The van der Waals surface area contributed by atoms with Crippen molar-refractivity contribution in [3.05, 3.63) is 23.8 Å². The van der Waals surface area contributed by atoms with Crippen molar-refractivity contribution in [2.24, 2.45) is 0 Å². The average molecular weight is 165 g/mol. The van der Waals surface area contributed by atoms with Crippen LogP contribution in [0.4, 0.5) is 0 Å². The lowest BCUT2D eigenvalue weighted by Crippen LogP contribution is -2.32. The molecule has 1 amide bonds. The zero-order chi connectivity index (χ0) is 8.55. The van der Waals surface area contributed by atoms with E-state index >= 15 is 0 Å². The molecular weight excluding hydrogens is 158 g/mol. The third-order valence-electron chi connectivity index (χ3n) is 1.67. The molecule has 0 unspecified atom stereocenters. The van der Waals surface area contributed by atoms with Crippen LogP contribution in [0.3, 0.4) is 0 Å². The van der Waals surface area contributed by atoms with Gasteiger partial charge in [-0.15, -0.1) is 0 Å². The minimum Gasteiger partial charge on any atom is -0.508 e. The topological polar surface area (TPSA) is 58.6 Å². The Morgan fingerprint density at radius 1 is 1.50 bits per heavy atom. The number of fused-ring (bicyclic) bond motifs is 1. The lowest BCUT2D eigenvalue weighted by atomic mass is 10.1. The van der Waals surface area contributed by atoms with E-state index in [1.165, 1.54) is 18.2 Å². The Hall–Kier alpha value is -1.71. The number of hydrogen-bond acceptors (Lipinski definition) is 3. The molecule has 62 valence electrons. The highest BCUT2D eigenvalue weighted by Gasteiger charge is 2.17. The molecule has 1 heterocycles. The molecule has 0 aromatic heterocycles. The third-order valence-corrected chi connectivity index (χ3v) is 1.67. The molecule has 1 aromatic carbocycles. The van der Waals surface area contributed by atoms with E-state index in [0.717, 1.165) is 0 Å². The molecule has 2 rings (SSSR count). The van der Waals surface area contributed by atoms with E-state index < -0.39 is 0 Å². The standard InChI is InChI=1S/C8H7NO3/c10-5-1-2-6-7(3-5)12-4-9-8(6)11/h1-3,10H,4H2,(H,9,11). The first-order chi connectivity index (χ1) is 5.77. The van der Waals surface area contributed by atoms with E-state index in [0.29, 0.717) is 11.3 Å². The first kappa shape index (κ1) is 6.97. The number of rotatable bonds is 0. The van der Waals surface area contributed by atoms with Gasteiger partial charge in [-0.1, -0.05) is 0 Å². The number of carbonyl (C=O) groups excluding carboxylic acids is 1. The largest absolute Gasteiger partial charge is 0.508 e. The molecule has 1 aliphatic rings. The van der Waals surface area contributed by atoms with Crippen molar-refractivity contribution >= 4 is 5.91 Å². The van der Waals surface area contributed by atoms with Gasteiger partial charge in [0.1, 0.15) is 11.5 Å². The van der Waals surface area contributed by atoms with Crippen LogP contribution in [0.2, 0.25) is 0 Å². The van der Waals surface area contributed by atoms with E-state index in [4.69, 9.17) is 9.84 Å². The summed E-state index contributed by atoms with van der Waals surface area (Å²) in [6.07, 6.45) is 0. The summed E-state index contributed by atoms with van der Waals surface area (Å²) in [5, 5.41) is 11.6. The summed E-state index contributed by atoms with van der Waals surface area (Å²) in [4.78, 5) is 11.1. The van der Waals surface area contributed by atoms with Crippen LogP contribution in [0.5, 0.6) is 11.5 Å². The summed E-state index contributed by atoms with van der Waals surface area (Å²) in [6, 6.07) is 4.40. The van der Waals surface area contributed by atoms with Crippen LogP contribution in [0.25, 0.3) is 0 Å². The van der Waals surface area contributed by atoms with E-state index in [9.17, 15) is 4.79 Å². The zero-order valence-corrected chi connectivity index (χ0v) is 6.20. The van der Waals surface area contributed by atoms with Crippen LogP contribution in [0.15, 0.2) is 18.2 Å². The van der Waals surface area contributed by atoms with Crippen molar-refractivity contribution in [1.82, 2.24) is 5.32 Å². The Labute approximate surface area is 68.8 Å². The van der Waals surface area contributed by atoms with Gasteiger partial charge in [0, 0.05) is 6.07 Å². The molecule has 1 aliphatic heterocycles.